The number of hydrogen-bond acceptors (Lipinski definition) is 2. The summed E-state index contributed by atoms with van der Waals surface area (Å²) >= 11 is 0. The zero-order valence-corrected chi connectivity index (χ0v) is 3.96. The van der Waals surface area contributed by atoms with Crippen LogP contribution in [0.1, 0.15) is 0 Å². The predicted molar refractivity (Wildman–Crippen MR) is 22.3 cm³/mol. The van der Waals surface area contributed by atoms with Gasteiger partial charge in [-0.15, -0.1) is 0 Å². The van der Waals surface area contributed by atoms with E-state index in [1.54, 1.807) is 0 Å². The average Bonchev–Trinajstić information content (AvgIpc) is 0.811. The molecule has 5 heavy (non-hydrogen) atoms. The molecule has 0 aliphatic heterocycles. The van der Waals surface area contributed by atoms with Gasteiger partial charge in [-0.25, -0.2) is 10.1 Å². The highest BCUT2D eigenvalue weighted by Gasteiger charge is 1.57. The van der Waals surface area contributed by atoms with Crippen LogP contribution in [0.5, 0.6) is 0 Å². The molecule has 0 fully saturated rings. The van der Waals surface area contributed by atoms with Gasteiger partial charge in [0.15, 0.2) is 5.03 Å². The van der Waals surface area contributed by atoms with Crippen molar-refractivity contribution in [1.29, 1.82) is 0 Å². The molecule has 0 radical (unpaired) electrons. The van der Waals surface area contributed by atoms with E-state index in [1.165, 1.54) is 0 Å². The van der Waals surface area contributed by atoms with E-state index in [4.69, 9.17) is 10.1 Å². The molecule has 2 N–H and O–H groups in total. The zero-order chi connectivity index (χ0) is 3.58. The van der Waals surface area contributed by atoms with Gasteiger partial charge in [-0.3, -0.25) is 0 Å². The average molecular weight is 96.0 g/mol. The summed E-state index contributed by atoms with van der Waals surface area (Å²) in [6, 6.07) is 0. The Hall–Kier alpha value is -0.370. The number of nitrogens with zero attached hydrogens (tertiary/aromatic N) is 1. The van der Waals surface area contributed by atoms with Crippen molar-refractivity contribution in [1.82, 2.24) is 0 Å². The van der Waals surface area contributed by atoms with Gasteiger partial charge in [-0.05, 0) is 0 Å². The molecule has 4 nitrogen and oxygen atoms in total. The van der Waals surface area contributed by atoms with E-state index >= 15 is 0 Å². The molecule has 0 aromatic carbocycles. The lowest BCUT2D eigenvalue weighted by Gasteiger charge is -1.61. The maximum atomic E-state index is 8.58. The third kappa shape index (κ3) is 70.4. The summed E-state index contributed by atoms with van der Waals surface area (Å²) in [5.41, 5.74) is 0. The SMILES string of the molecule is N[N+](=O)[O-].P. The third-order valence-electron chi connectivity index (χ3n) is 0. The molecule has 0 aliphatic rings. The molecule has 0 aliphatic carbocycles. The highest BCUT2D eigenvalue weighted by Crippen LogP contribution is 1.29. The molecule has 0 heterocycles. The Bertz CT molecular complexity index is 30.6. The number of hydrazine groups is 1. The van der Waals surface area contributed by atoms with Crippen LogP contribution in [0.3, 0.4) is 0 Å². The van der Waals surface area contributed by atoms with Gasteiger partial charge in [0.1, 0.15) is 0 Å². The van der Waals surface area contributed by atoms with Crippen LogP contribution in [0.25, 0.3) is 0 Å². The summed E-state index contributed by atoms with van der Waals surface area (Å²) in [5.74, 6) is 3.83. The maximum absolute atomic E-state index is 8.58. The maximum Gasteiger partial charge on any atom is 0.154 e. The Morgan fingerprint density at radius 3 is 1.80 bits per heavy atom. The molecule has 1 atom stereocenters. The minimum atomic E-state index is -1.00. The smallest absolute Gasteiger partial charge is 0.154 e. The van der Waals surface area contributed by atoms with Crippen molar-refractivity contribution in [2.24, 2.45) is 5.84 Å². The fourth-order valence-electron chi connectivity index (χ4n) is 0. The van der Waals surface area contributed by atoms with Gasteiger partial charge in [0.2, 0.25) is 0 Å². The lowest BCUT2D eigenvalue weighted by Crippen LogP contribution is -2.04. The van der Waals surface area contributed by atoms with Crippen LogP contribution in [-0.4, -0.2) is 5.03 Å². The van der Waals surface area contributed by atoms with Gasteiger partial charge >= 0.3 is 0 Å². The Balaban J connectivity index is 0. The Morgan fingerprint density at radius 1 is 1.80 bits per heavy atom. The number of rotatable bonds is 0. The van der Waals surface area contributed by atoms with E-state index in [1.807, 2.05) is 0 Å². The van der Waals surface area contributed by atoms with Crippen molar-refractivity contribution in [3.8, 4) is 0 Å². The summed E-state index contributed by atoms with van der Waals surface area (Å²) in [7, 11) is 0. The molecule has 0 saturated carbocycles. The fraction of sp³-hybridized carbons (Fsp3) is 0. The summed E-state index contributed by atoms with van der Waals surface area (Å²) in [6.07, 6.45) is 0. The van der Waals surface area contributed by atoms with Crippen LogP contribution < -0.4 is 5.84 Å². The summed E-state index contributed by atoms with van der Waals surface area (Å²) in [4.78, 5) is 8.58. The summed E-state index contributed by atoms with van der Waals surface area (Å²) in [5, 5.41) is 7.58. The van der Waals surface area contributed by atoms with Gasteiger partial charge < -0.3 is 0 Å². The van der Waals surface area contributed by atoms with Crippen molar-refractivity contribution in [3.63, 3.8) is 0 Å². The first-order valence-corrected chi connectivity index (χ1v) is 0.623. The predicted octanol–water partition coefficient (Wildman–Crippen LogP) is -0.805. The normalized spacial score (nSPS) is 4.80. The first-order valence-electron chi connectivity index (χ1n) is 0.623. The molecular formula is H5N2O2P. The first-order chi connectivity index (χ1) is 1.73. The third-order valence-corrected chi connectivity index (χ3v) is 0. The van der Waals surface area contributed by atoms with E-state index in [9.17, 15) is 0 Å². The van der Waals surface area contributed by atoms with Crippen molar-refractivity contribution < 1.29 is 5.03 Å². The van der Waals surface area contributed by atoms with Crippen molar-refractivity contribution in [2.45, 2.75) is 0 Å². The van der Waals surface area contributed by atoms with Crippen LogP contribution in [0.15, 0.2) is 0 Å². The standard InChI is InChI=1S/H2N2O2.H3P/c1-2(3)4;/h1H2;1H3. The number of hydrogen-bond donors (Lipinski definition) is 1. The molecule has 0 aromatic heterocycles. The van der Waals surface area contributed by atoms with Gasteiger partial charge in [0.25, 0.3) is 0 Å². The molecule has 0 aromatic rings. The molecule has 5 heteroatoms. The number of nitro groups is 1. The quantitative estimate of drug-likeness (QED) is 0.185. The second-order valence-corrected chi connectivity index (χ2v) is 0.285. The van der Waals surface area contributed by atoms with E-state index in [0.717, 1.165) is 0 Å². The molecule has 0 spiro atoms. The molecule has 0 bridgehead atoms. The van der Waals surface area contributed by atoms with E-state index in [-0.39, 0.29) is 9.90 Å². The minimum Gasteiger partial charge on any atom is -0.235 e. The number of nitrogens with two attached hydrogens (primary N) is 1. The highest BCUT2D eigenvalue weighted by molar-refractivity contribution is 6.92. The molecule has 32 valence electrons. The second-order valence-electron chi connectivity index (χ2n) is 0.285. The highest BCUT2D eigenvalue weighted by atomic mass is 31.0. The van der Waals surface area contributed by atoms with Gasteiger partial charge in [0, 0.05) is 0 Å². The fourth-order valence-corrected chi connectivity index (χ4v) is 0. The second kappa shape index (κ2) is 3.63. The van der Waals surface area contributed by atoms with E-state index in [0.29, 0.717) is 0 Å². The van der Waals surface area contributed by atoms with Crippen LogP contribution >= 0.6 is 9.90 Å². The van der Waals surface area contributed by atoms with E-state index in [2.05, 4.69) is 5.84 Å². The monoisotopic (exact) mass is 96.0 g/mol. The lowest BCUT2D eigenvalue weighted by molar-refractivity contribution is -0.491. The molecule has 0 rings (SSSR count). The Morgan fingerprint density at radius 2 is 1.80 bits per heavy atom. The summed E-state index contributed by atoms with van der Waals surface area (Å²) in [6.45, 7) is 0. The van der Waals surface area contributed by atoms with E-state index < -0.39 is 5.03 Å². The first kappa shape index (κ1) is 8.82. The van der Waals surface area contributed by atoms with Gasteiger partial charge in [0.05, 0.1) is 0 Å². The van der Waals surface area contributed by atoms with Crippen molar-refractivity contribution in [2.75, 3.05) is 0 Å². The minimum absolute atomic E-state index is 0. The van der Waals surface area contributed by atoms with Gasteiger partial charge in [-0.1, -0.05) is 0 Å². The zero-order valence-electron chi connectivity index (χ0n) is 2.55. The molecule has 0 amide bonds. The summed E-state index contributed by atoms with van der Waals surface area (Å²) < 4.78 is 0. The van der Waals surface area contributed by atoms with Crippen LogP contribution in [0.4, 0.5) is 0 Å². The van der Waals surface area contributed by atoms with Crippen LogP contribution in [-0.2, 0) is 0 Å². The van der Waals surface area contributed by atoms with Crippen molar-refractivity contribution in [3.05, 3.63) is 10.1 Å². The Labute approximate surface area is 32.1 Å². The topological polar surface area (TPSA) is 69.2 Å². The lowest BCUT2D eigenvalue weighted by atomic mass is 12.8. The van der Waals surface area contributed by atoms with Crippen molar-refractivity contribution >= 4 is 9.90 Å². The molecule has 1 unspecified atom stereocenters. The van der Waals surface area contributed by atoms with Crippen LogP contribution in [0, 0.1) is 10.1 Å². The molecule has 0 saturated heterocycles. The largest absolute Gasteiger partial charge is 0.235 e. The van der Waals surface area contributed by atoms with Gasteiger partial charge in [-0.2, -0.15) is 15.7 Å². The molecular weight excluding hydrogens is 91.0 g/mol. The Kier molecular flexibility index (Phi) is 6.40. The van der Waals surface area contributed by atoms with Crippen LogP contribution in [0.2, 0.25) is 0 Å².